The normalized spacial score (nSPS) is 10.8. The Bertz CT molecular complexity index is 620. The number of halogens is 1. The molecule has 0 aliphatic heterocycles. The number of nitrogens with one attached hydrogen (secondary N) is 1. The Morgan fingerprint density at radius 3 is 2.70 bits per heavy atom. The zero-order valence-corrected chi connectivity index (χ0v) is 11.9. The predicted molar refractivity (Wildman–Crippen MR) is 74.6 cm³/mol. The van der Waals surface area contributed by atoms with Crippen LogP contribution in [0.2, 0.25) is 5.02 Å². The summed E-state index contributed by atoms with van der Waals surface area (Å²) in [6.45, 7) is 4.70. The number of nitrogens with zero attached hydrogens (tertiary/aromatic N) is 2. The molecule has 1 aromatic carbocycles. The smallest absolute Gasteiger partial charge is 0.270 e. The summed E-state index contributed by atoms with van der Waals surface area (Å²) in [7, 11) is 0. The summed E-state index contributed by atoms with van der Waals surface area (Å²) in [4.78, 5) is 14.4. The van der Waals surface area contributed by atoms with Crippen LogP contribution in [0.25, 0.3) is 0 Å². The number of nitro benzene ring substituents is 1. The van der Waals surface area contributed by atoms with Crippen molar-refractivity contribution in [1.82, 2.24) is 10.3 Å². The minimum atomic E-state index is -0.471. The number of aryl methyl sites for hydroxylation is 2. The van der Waals surface area contributed by atoms with Gasteiger partial charge in [-0.15, -0.1) is 0 Å². The van der Waals surface area contributed by atoms with Crippen molar-refractivity contribution in [2.75, 3.05) is 0 Å². The standard InChI is InChI=1S/C13H14ClN3O3/c1-8-9(2)20-13(16-8)7-15-6-10-3-4-11(17(18)19)5-12(10)14/h3-5,15H,6-7H2,1-2H3. The monoisotopic (exact) mass is 295 g/mol. The van der Waals surface area contributed by atoms with Crippen LogP contribution in [0.3, 0.4) is 0 Å². The van der Waals surface area contributed by atoms with E-state index in [1.165, 1.54) is 12.1 Å². The van der Waals surface area contributed by atoms with Gasteiger partial charge in [0.15, 0.2) is 0 Å². The summed E-state index contributed by atoms with van der Waals surface area (Å²) in [6, 6.07) is 4.42. The number of hydrogen-bond donors (Lipinski definition) is 1. The molecule has 0 fully saturated rings. The van der Waals surface area contributed by atoms with E-state index in [1.54, 1.807) is 6.07 Å². The summed E-state index contributed by atoms with van der Waals surface area (Å²) in [5.74, 6) is 1.41. The van der Waals surface area contributed by atoms with Crippen LogP contribution in [0, 0.1) is 24.0 Å². The summed E-state index contributed by atoms with van der Waals surface area (Å²) in [5.41, 5.74) is 1.64. The number of non-ortho nitro benzene ring substituents is 1. The second-order valence-electron chi connectivity index (χ2n) is 4.39. The van der Waals surface area contributed by atoms with Crippen molar-refractivity contribution in [3.05, 3.63) is 56.2 Å². The minimum absolute atomic E-state index is 0.0160. The molecule has 1 heterocycles. The molecule has 0 atom stereocenters. The van der Waals surface area contributed by atoms with E-state index in [4.69, 9.17) is 16.0 Å². The highest BCUT2D eigenvalue weighted by Crippen LogP contribution is 2.22. The first-order valence-corrected chi connectivity index (χ1v) is 6.41. The summed E-state index contributed by atoms with van der Waals surface area (Å²) >= 11 is 6.00. The third-order valence-electron chi connectivity index (χ3n) is 2.91. The highest BCUT2D eigenvalue weighted by atomic mass is 35.5. The first-order valence-electron chi connectivity index (χ1n) is 6.04. The molecular weight excluding hydrogens is 282 g/mol. The molecule has 0 saturated heterocycles. The van der Waals surface area contributed by atoms with Gasteiger partial charge in [0.2, 0.25) is 5.89 Å². The maximum Gasteiger partial charge on any atom is 0.270 e. The third-order valence-corrected chi connectivity index (χ3v) is 3.26. The van der Waals surface area contributed by atoms with E-state index in [-0.39, 0.29) is 5.69 Å². The molecule has 0 radical (unpaired) electrons. The zero-order chi connectivity index (χ0) is 14.7. The molecule has 106 valence electrons. The molecule has 1 N–H and O–H groups in total. The van der Waals surface area contributed by atoms with Crippen molar-refractivity contribution in [1.29, 1.82) is 0 Å². The van der Waals surface area contributed by atoms with Gasteiger partial charge >= 0.3 is 0 Å². The lowest BCUT2D eigenvalue weighted by Crippen LogP contribution is -2.13. The van der Waals surface area contributed by atoms with Gasteiger partial charge in [0.05, 0.1) is 22.2 Å². The third kappa shape index (κ3) is 3.34. The van der Waals surface area contributed by atoms with Crippen molar-refractivity contribution in [3.8, 4) is 0 Å². The highest BCUT2D eigenvalue weighted by Gasteiger charge is 2.10. The fraction of sp³-hybridized carbons (Fsp3) is 0.308. The van der Waals surface area contributed by atoms with Gasteiger partial charge in [-0.05, 0) is 25.5 Å². The molecule has 1 aromatic heterocycles. The molecule has 0 amide bonds. The molecule has 0 bridgehead atoms. The number of hydrogen-bond acceptors (Lipinski definition) is 5. The summed E-state index contributed by atoms with van der Waals surface area (Å²) in [5, 5.41) is 14.1. The van der Waals surface area contributed by atoms with Crippen molar-refractivity contribution in [2.45, 2.75) is 26.9 Å². The Morgan fingerprint density at radius 1 is 1.40 bits per heavy atom. The molecule has 7 heteroatoms. The first-order chi connectivity index (χ1) is 9.47. The Balaban J connectivity index is 1.95. The number of oxazole rings is 1. The molecule has 6 nitrogen and oxygen atoms in total. The van der Waals surface area contributed by atoms with Gasteiger partial charge in [0.25, 0.3) is 5.69 Å². The maximum absolute atomic E-state index is 10.6. The lowest BCUT2D eigenvalue weighted by atomic mass is 10.2. The first kappa shape index (κ1) is 14.5. The lowest BCUT2D eigenvalue weighted by molar-refractivity contribution is -0.384. The van der Waals surface area contributed by atoms with Crippen LogP contribution in [0.4, 0.5) is 5.69 Å². The van der Waals surface area contributed by atoms with Crippen molar-refractivity contribution >= 4 is 17.3 Å². The van der Waals surface area contributed by atoms with Crippen LogP contribution >= 0.6 is 11.6 Å². The molecule has 0 unspecified atom stereocenters. The quantitative estimate of drug-likeness (QED) is 0.677. The van der Waals surface area contributed by atoms with E-state index in [0.29, 0.717) is 24.0 Å². The van der Waals surface area contributed by atoms with Crippen molar-refractivity contribution in [3.63, 3.8) is 0 Å². The summed E-state index contributed by atoms with van der Waals surface area (Å²) < 4.78 is 5.44. The van der Waals surface area contributed by atoms with E-state index < -0.39 is 4.92 Å². The average molecular weight is 296 g/mol. The van der Waals surface area contributed by atoms with Gasteiger partial charge in [-0.1, -0.05) is 11.6 Å². The lowest BCUT2D eigenvalue weighted by Gasteiger charge is -2.04. The second-order valence-corrected chi connectivity index (χ2v) is 4.79. The van der Waals surface area contributed by atoms with Crippen LogP contribution in [0.1, 0.15) is 22.9 Å². The fourth-order valence-corrected chi connectivity index (χ4v) is 1.95. The van der Waals surface area contributed by atoms with Gasteiger partial charge in [-0.25, -0.2) is 4.98 Å². The number of aromatic nitrogens is 1. The van der Waals surface area contributed by atoms with Gasteiger partial charge in [-0.3, -0.25) is 10.1 Å². The van der Waals surface area contributed by atoms with Crippen LogP contribution in [-0.2, 0) is 13.1 Å². The SMILES string of the molecule is Cc1nc(CNCc2ccc([N+](=O)[O-])cc2Cl)oc1C. The van der Waals surface area contributed by atoms with Gasteiger partial charge in [0.1, 0.15) is 5.76 Å². The van der Waals surface area contributed by atoms with Gasteiger partial charge < -0.3 is 9.73 Å². The van der Waals surface area contributed by atoms with E-state index in [9.17, 15) is 10.1 Å². The van der Waals surface area contributed by atoms with E-state index in [0.717, 1.165) is 17.0 Å². The van der Waals surface area contributed by atoms with Crippen LogP contribution in [-0.4, -0.2) is 9.91 Å². The Labute approximate surface area is 120 Å². The van der Waals surface area contributed by atoms with E-state index >= 15 is 0 Å². The van der Waals surface area contributed by atoms with Crippen molar-refractivity contribution < 1.29 is 9.34 Å². The fourth-order valence-electron chi connectivity index (χ4n) is 1.71. The molecule has 2 rings (SSSR count). The molecule has 0 aliphatic carbocycles. The zero-order valence-electron chi connectivity index (χ0n) is 11.1. The Hall–Kier alpha value is -1.92. The van der Waals surface area contributed by atoms with Crippen LogP contribution in [0.5, 0.6) is 0 Å². The largest absolute Gasteiger partial charge is 0.444 e. The van der Waals surface area contributed by atoms with E-state index in [2.05, 4.69) is 10.3 Å². The maximum atomic E-state index is 10.6. The number of nitro groups is 1. The summed E-state index contributed by atoms with van der Waals surface area (Å²) in [6.07, 6.45) is 0. The number of benzene rings is 1. The predicted octanol–water partition coefficient (Wildman–Crippen LogP) is 3.14. The molecule has 0 spiro atoms. The van der Waals surface area contributed by atoms with Gasteiger partial charge in [-0.2, -0.15) is 0 Å². The minimum Gasteiger partial charge on any atom is -0.444 e. The molecular formula is C13H14ClN3O3. The Kier molecular flexibility index (Phi) is 4.36. The van der Waals surface area contributed by atoms with E-state index in [1.807, 2.05) is 13.8 Å². The molecule has 0 aliphatic rings. The molecule has 2 aromatic rings. The number of rotatable bonds is 5. The van der Waals surface area contributed by atoms with Crippen LogP contribution in [0.15, 0.2) is 22.6 Å². The Morgan fingerprint density at radius 2 is 2.15 bits per heavy atom. The van der Waals surface area contributed by atoms with Crippen LogP contribution < -0.4 is 5.32 Å². The average Bonchev–Trinajstić information content (AvgIpc) is 2.70. The second kappa shape index (κ2) is 6.02. The molecule has 20 heavy (non-hydrogen) atoms. The van der Waals surface area contributed by atoms with Gasteiger partial charge in [0, 0.05) is 18.7 Å². The highest BCUT2D eigenvalue weighted by molar-refractivity contribution is 6.31. The molecule has 0 saturated carbocycles. The van der Waals surface area contributed by atoms with Crippen molar-refractivity contribution in [2.24, 2.45) is 0 Å². The topological polar surface area (TPSA) is 81.2 Å².